The zero-order chi connectivity index (χ0) is 6.91. The minimum absolute atomic E-state index is 0.569. The van der Waals surface area contributed by atoms with Crippen molar-refractivity contribution in [2.75, 3.05) is 0 Å². The first-order chi connectivity index (χ1) is 4.14. The Hall–Kier alpha value is -0.670. The Morgan fingerprint density at radius 3 is 2.78 bits per heavy atom. The maximum absolute atomic E-state index is 10.0. The molecule has 0 fully saturated rings. The van der Waals surface area contributed by atoms with E-state index in [1.54, 1.807) is 0 Å². The Bertz CT molecular complexity index is 148. The molecule has 9 heavy (non-hydrogen) atoms. The van der Waals surface area contributed by atoms with Crippen molar-refractivity contribution in [2.45, 2.75) is 18.8 Å². The maximum Gasteiger partial charge on any atom is 0.183 e. The molecule has 0 saturated heterocycles. The number of hydrogen-bond acceptors (Lipinski definition) is 3. The van der Waals surface area contributed by atoms with Crippen LogP contribution in [0.2, 0.25) is 0 Å². The number of hydrogen-bond donors (Lipinski definition) is 1. The van der Waals surface area contributed by atoms with Gasteiger partial charge in [-0.3, -0.25) is 0 Å². The average Bonchev–Trinajstić information content (AvgIpc) is 2.10. The number of ether oxygens (including phenoxy) is 1. The minimum atomic E-state index is -1.24. The van der Waals surface area contributed by atoms with Crippen molar-refractivity contribution in [1.29, 1.82) is 0 Å². The molecule has 1 heterocycles. The number of carbonyl (C=O) groups excluding carboxylic acids is 1. The van der Waals surface area contributed by atoms with E-state index in [9.17, 15) is 4.79 Å². The Kier molecular flexibility index (Phi) is 1.38. The molecule has 0 spiro atoms. The zero-order valence-electron chi connectivity index (χ0n) is 5.07. The van der Waals surface area contributed by atoms with E-state index >= 15 is 0 Å². The van der Waals surface area contributed by atoms with E-state index in [1.165, 1.54) is 19.1 Å². The van der Waals surface area contributed by atoms with Crippen LogP contribution in [0.4, 0.5) is 0 Å². The van der Waals surface area contributed by atoms with Gasteiger partial charge >= 0.3 is 0 Å². The van der Waals surface area contributed by atoms with Crippen LogP contribution < -0.4 is 0 Å². The van der Waals surface area contributed by atoms with Gasteiger partial charge in [-0.05, 0) is 19.1 Å². The average molecular weight is 128 g/mol. The van der Waals surface area contributed by atoms with Gasteiger partial charge in [0, 0.05) is 0 Å². The lowest BCUT2D eigenvalue weighted by Gasteiger charge is -2.14. The van der Waals surface area contributed by atoms with Crippen LogP contribution >= 0.6 is 0 Å². The van der Waals surface area contributed by atoms with Crippen molar-refractivity contribution < 1.29 is 14.6 Å². The Balaban J connectivity index is 2.59. The van der Waals surface area contributed by atoms with Crippen LogP contribution in [0.15, 0.2) is 12.2 Å². The molecule has 1 aliphatic rings. The summed E-state index contributed by atoms with van der Waals surface area (Å²) in [6.07, 6.45) is 3.04. The van der Waals surface area contributed by atoms with Crippen molar-refractivity contribution >= 4 is 6.29 Å². The van der Waals surface area contributed by atoms with E-state index in [0.29, 0.717) is 6.29 Å². The normalized spacial score (nSPS) is 41.3. The quantitative estimate of drug-likeness (QED) is 0.394. The summed E-state index contributed by atoms with van der Waals surface area (Å²) in [6, 6.07) is 0. The van der Waals surface area contributed by atoms with Crippen LogP contribution in [0.3, 0.4) is 0 Å². The van der Waals surface area contributed by atoms with Gasteiger partial charge in [-0.15, -0.1) is 0 Å². The Morgan fingerprint density at radius 1 is 1.89 bits per heavy atom. The third-order valence-corrected chi connectivity index (χ3v) is 1.10. The predicted molar refractivity (Wildman–Crippen MR) is 30.7 cm³/mol. The van der Waals surface area contributed by atoms with E-state index in [4.69, 9.17) is 9.84 Å². The van der Waals surface area contributed by atoms with E-state index < -0.39 is 11.9 Å². The molecule has 0 amide bonds. The second kappa shape index (κ2) is 1.93. The fourth-order valence-corrected chi connectivity index (χ4v) is 0.701. The summed E-state index contributed by atoms with van der Waals surface area (Å²) in [4.78, 5) is 10.0. The molecular weight excluding hydrogens is 120 g/mol. The molecule has 0 bridgehead atoms. The van der Waals surface area contributed by atoms with E-state index in [1.807, 2.05) is 0 Å². The highest BCUT2D eigenvalue weighted by molar-refractivity contribution is 5.60. The molecule has 3 nitrogen and oxygen atoms in total. The summed E-state index contributed by atoms with van der Waals surface area (Å²) in [5.74, 6) is -1.24. The lowest BCUT2D eigenvalue weighted by molar-refractivity contribution is -0.162. The monoisotopic (exact) mass is 128 g/mol. The minimum Gasteiger partial charge on any atom is -0.362 e. The van der Waals surface area contributed by atoms with E-state index in [-0.39, 0.29) is 0 Å². The number of aldehydes is 1. The first-order valence-corrected chi connectivity index (χ1v) is 2.69. The van der Waals surface area contributed by atoms with Gasteiger partial charge in [0.2, 0.25) is 0 Å². The molecule has 0 aliphatic carbocycles. The number of aliphatic hydroxyl groups is 1. The summed E-state index contributed by atoms with van der Waals surface area (Å²) in [7, 11) is 0. The second-order valence-corrected chi connectivity index (χ2v) is 2.13. The lowest BCUT2D eigenvalue weighted by atomic mass is 10.3. The first-order valence-electron chi connectivity index (χ1n) is 2.69. The third-order valence-electron chi connectivity index (χ3n) is 1.10. The molecule has 0 aromatic rings. The van der Waals surface area contributed by atoms with Crippen molar-refractivity contribution in [2.24, 2.45) is 0 Å². The summed E-state index contributed by atoms with van der Waals surface area (Å²) in [5.41, 5.74) is 0. The van der Waals surface area contributed by atoms with E-state index in [0.717, 1.165) is 0 Å². The maximum atomic E-state index is 10.0. The summed E-state index contributed by atoms with van der Waals surface area (Å²) < 4.78 is 4.77. The fraction of sp³-hybridized carbons (Fsp3) is 0.500. The lowest BCUT2D eigenvalue weighted by Crippen LogP contribution is -2.24. The number of rotatable bonds is 1. The third kappa shape index (κ3) is 1.37. The molecule has 0 aromatic heterocycles. The highest BCUT2D eigenvalue weighted by Gasteiger charge is 2.26. The van der Waals surface area contributed by atoms with Gasteiger partial charge in [-0.2, -0.15) is 0 Å². The highest BCUT2D eigenvalue weighted by Crippen LogP contribution is 2.17. The highest BCUT2D eigenvalue weighted by atomic mass is 16.6. The van der Waals surface area contributed by atoms with Gasteiger partial charge in [-0.1, -0.05) is 0 Å². The molecule has 0 radical (unpaired) electrons. The van der Waals surface area contributed by atoms with Crippen LogP contribution in [0.5, 0.6) is 0 Å². The van der Waals surface area contributed by atoms with Crippen LogP contribution in [0.25, 0.3) is 0 Å². The molecule has 0 aromatic carbocycles. The molecule has 2 unspecified atom stereocenters. The molecule has 1 rings (SSSR count). The number of carbonyl (C=O) groups is 1. The van der Waals surface area contributed by atoms with Gasteiger partial charge in [-0.25, -0.2) is 0 Å². The van der Waals surface area contributed by atoms with Crippen molar-refractivity contribution in [3.8, 4) is 0 Å². The van der Waals surface area contributed by atoms with Gasteiger partial charge in [0.05, 0.1) is 0 Å². The van der Waals surface area contributed by atoms with Gasteiger partial charge < -0.3 is 14.6 Å². The molecule has 50 valence electrons. The first kappa shape index (κ1) is 6.45. The summed E-state index contributed by atoms with van der Waals surface area (Å²) in [6.45, 7) is 1.48. The van der Waals surface area contributed by atoms with Crippen molar-refractivity contribution in [3.63, 3.8) is 0 Å². The van der Waals surface area contributed by atoms with Gasteiger partial charge in [0.25, 0.3) is 0 Å². The van der Waals surface area contributed by atoms with Crippen molar-refractivity contribution in [3.05, 3.63) is 12.2 Å². The SMILES string of the molecule is CC1(O)C=CC(C=O)O1. The zero-order valence-corrected chi connectivity index (χ0v) is 5.07. The molecule has 0 saturated carbocycles. The molecule has 1 N–H and O–H groups in total. The smallest absolute Gasteiger partial charge is 0.183 e. The Labute approximate surface area is 52.9 Å². The van der Waals surface area contributed by atoms with Crippen LogP contribution in [0.1, 0.15) is 6.92 Å². The fourth-order valence-electron chi connectivity index (χ4n) is 0.701. The molecular formula is C6H8O3. The summed E-state index contributed by atoms with van der Waals surface area (Å²) >= 11 is 0. The standard InChI is InChI=1S/C6H8O3/c1-6(8)3-2-5(4-7)9-6/h2-5,8H,1H3. The van der Waals surface area contributed by atoms with Crippen LogP contribution in [0, 0.1) is 0 Å². The van der Waals surface area contributed by atoms with E-state index in [2.05, 4.69) is 0 Å². The predicted octanol–water partition coefficient (Wildman–Crippen LogP) is -0.151. The molecule has 3 heteroatoms. The summed E-state index contributed by atoms with van der Waals surface area (Å²) in [5, 5.41) is 9.03. The Morgan fingerprint density at radius 2 is 2.56 bits per heavy atom. The van der Waals surface area contributed by atoms with Crippen molar-refractivity contribution in [1.82, 2.24) is 0 Å². The van der Waals surface area contributed by atoms with Crippen LogP contribution in [-0.4, -0.2) is 23.3 Å². The van der Waals surface area contributed by atoms with Crippen LogP contribution in [-0.2, 0) is 9.53 Å². The van der Waals surface area contributed by atoms with Gasteiger partial charge in [0.15, 0.2) is 12.1 Å². The second-order valence-electron chi connectivity index (χ2n) is 2.13. The molecule has 2 atom stereocenters. The largest absolute Gasteiger partial charge is 0.362 e. The molecule has 1 aliphatic heterocycles. The topological polar surface area (TPSA) is 46.5 Å². The van der Waals surface area contributed by atoms with Gasteiger partial charge in [0.1, 0.15) is 6.10 Å².